The predicted molar refractivity (Wildman–Crippen MR) is 490 cm³/mol. The number of likely N-dealkylation sites (N-methyl/N-ethyl adjacent to an activating group) is 4. The van der Waals surface area contributed by atoms with Crippen molar-refractivity contribution in [1.82, 2.24) is 117 Å². The summed E-state index contributed by atoms with van der Waals surface area (Å²) in [6, 6.07) is 24.6. The van der Waals surface area contributed by atoms with Crippen molar-refractivity contribution in [3.05, 3.63) is 246 Å². The van der Waals surface area contributed by atoms with Gasteiger partial charge in [-0.3, -0.25) is 57.1 Å². The van der Waals surface area contributed by atoms with Crippen molar-refractivity contribution < 1.29 is 92.4 Å². The summed E-state index contributed by atoms with van der Waals surface area (Å²) in [5, 5.41) is 45.2. The first kappa shape index (κ1) is 98.1. The summed E-state index contributed by atoms with van der Waals surface area (Å²) in [4.78, 5) is 124. The predicted octanol–water partition coefficient (Wildman–Crippen LogP) is 13.1. The Morgan fingerprint density at radius 2 is 0.691 bits per heavy atom. The van der Waals surface area contributed by atoms with E-state index in [0.717, 1.165) is 18.4 Å². The lowest BCUT2D eigenvalue weighted by molar-refractivity contribution is -0.130. The summed E-state index contributed by atoms with van der Waals surface area (Å²) in [6.45, 7) is -9.12. The fourth-order valence-corrected chi connectivity index (χ4v) is 14.0. The second kappa shape index (κ2) is 43.2. The number of rotatable bonds is 30. The molecule has 4 N–H and O–H groups in total. The zero-order valence-corrected chi connectivity index (χ0v) is 76.6. The van der Waals surface area contributed by atoms with Gasteiger partial charge in [0.15, 0.2) is 22.6 Å². The van der Waals surface area contributed by atoms with E-state index in [2.05, 4.69) is 119 Å². The molecule has 718 valence electrons. The van der Waals surface area contributed by atoms with Crippen LogP contribution in [0.15, 0.2) is 207 Å². The average Bonchev–Trinajstić information content (AvgIpc) is 1.65. The molecule has 4 aromatic carbocycles. The Morgan fingerprint density at radius 1 is 0.410 bits per heavy atom. The second-order valence-corrected chi connectivity index (χ2v) is 32.2. The van der Waals surface area contributed by atoms with Crippen LogP contribution in [0.5, 0.6) is 23.0 Å². The molecule has 1 aliphatic carbocycles. The lowest BCUT2D eigenvalue weighted by Crippen LogP contribution is -2.26. The van der Waals surface area contributed by atoms with Gasteiger partial charge in [0.1, 0.15) is 94.2 Å². The van der Waals surface area contributed by atoms with Crippen LogP contribution in [0.25, 0.3) is 73.7 Å². The zero-order chi connectivity index (χ0) is 99.3. The monoisotopic (exact) mass is 2000 g/mol. The number of hydrogen-bond donors (Lipinski definition) is 4. The molecule has 16 aromatic rings. The van der Waals surface area contributed by atoms with Gasteiger partial charge in [-0.15, -0.1) is 0 Å². The SMILES string of the molecule is C=Cc1ccc(OC(F)F)c(-c2nn(CC(=O)N(C)C)cc2NC(=O)c2cnn3cccnc23)c1.CN(C)C(=O)Cn1cc(NC(=O)c2cnn3cccnc23)c(-c2cc(Br)ccc2OC(F)F)n1.CN(C)C(=O)Cn1cc(NC(=O)c2cnn3cccnc23)c(-c2cc(C3CC3)ccc2OC(F)F)n1.CN(C)C(=O)Cn1cc(NC(=O)c2cnn3cccnc23)c(-c2cc(Cl)ccc2OC(F)F)n1. The van der Waals surface area contributed by atoms with Gasteiger partial charge >= 0.3 is 26.4 Å². The molecule has 1 saturated carbocycles. The molecule has 139 heavy (non-hydrogen) atoms. The first-order valence-electron chi connectivity index (χ1n) is 41.3. The molecule has 0 unspecified atom stereocenters. The van der Waals surface area contributed by atoms with Gasteiger partial charge in [0.05, 0.1) is 47.5 Å². The van der Waals surface area contributed by atoms with Gasteiger partial charge < -0.3 is 59.8 Å². The van der Waals surface area contributed by atoms with E-state index in [1.54, 1.807) is 136 Å². The van der Waals surface area contributed by atoms with Gasteiger partial charge in [-0.1, -0.05) is 52.3 Å². The van der Waals surface area contributed by atoms with Crippen LogP contribution >= 0.6 is 27.5 Å². The van der Waals surface area contributed by atoms with Crippen molar-refractivity contribution >= 4 is 126 Å². The van der Waals surface area contributed by atoms with Gasteiger partial charge in [0.25, 0.3) is 23.6 Å². The highest BCUT2D eigenvalue weighted by molar-refractivity contribution is 9.10. The van der Waals surface area contributed by atoms with Crippen LogP contribution in [-0.4, -0.2) is 247 Å². The summed E-state index contributed by atoms with van der Waals surface area (Å²) < 4.78 is 135. The average molecular weight is 2000 g/mol. The Kier molecular flexibility index (Phi) is 30.5. The molecule has 17 rings (SSSR count). The Morgan fingerprint density at radius 3 is 0.986 bits per heavy atom. The highest BCUT2D eigenvalue weighted by Crippen LogP contribution is 2.46. The van der Waals surface area contributed by atoms with Crippen molar-refractivity contribution in [3.63, 3.8) is 0 Å². The molecule has 1 fully saturated rings. The zero-order valence-electron chi connectivity index (χ0n) is 74.3. The molecule has 40 nitrogen and oxygen atoms in total. The van der Waals surface area contributed by atoms with Gasteiger partial charge in [0, 0.05) is 162 Å². The maximum Gasteiger partial charge on any atom is 0.387 e. The van der Waals surface area contributed by atoms with Crippen molar-refractivity contribution in [3.8, 4) is 68.0 Å². The van der Waals surface area contributed by atoms with Crippen LogP contribution in [0.1, 0.15) is 71.3 Å². The Hall–Kier alpha value is -16.9. The maximum absolute atomic E-state index is 13.2. The topological polar surface area (TPSA) is 427 Å². The summed E-state index contributed by atoms with van der Waals surface area (Å²) >= 11 is 9.41. The lowest BCUT2D eigenvalue weighted by Gasteiger charge is -2.13. The minimum atomic E-state index is -3.10. The largest absolute Gasteiger partial charge is 0.434 e. The van der Waals surface area contributed by atoms with E-state index in [4.69, 9.17) is 16.3 Å². The minimum Gasteiger partial charge on any atom is -0.434 e. The Balaban J connectivity index is 0.000000148. The number of aromatic nitrogens is 20. The minimum absolute atomic E-state index is 0.0771. The van der Waals surface area contributed by atoms with Gasteiger partial charge in [0.2, 0.25) is 23.6 Å². The number of carbonyl (C=O) groups excluding carboxylic acids is 8. The van der Waals surface area contributed by atoms with E-state index >= 15 is 0 Å². The van der Waals surface area contributed by atoms with Crippen molar-refractivity contribution in [1.29, 1.82) is 0 Å². The van der Waals surface area contributed by atoms with E-state index in [9.17, 15) is 73.5 Å². The van der Waals surface area contributed by atoms with Crippen molar-refractivity contribution in [2.24, 2.45) is 0 Å². The molecule has 0 radical (unpaired) electrons. The van der Waals surface area contributed by atoms with Crippen LogP contribution in [0.3, 0.4) is 0 Å². The van der Waals surface area contributed by atoms with E-state index in [-0.39, 0.29) is 162 Å². The van der Waals surface area contributed by atoms with E-state index in [0.29, 0.717) is 44.1 Å². The summed E-state index contributed by atoms with van der Waals surface area (Å²) in [6.07, 6.45) is 27.5. The van der Waals surface area contributed by atoms with Gasteiger partial charge in [-0.2, -0.15) is 75.9 Å². The number of halogens is 10. The molecule has 0 atom stereocenters. The molecule has 1 aliphatic rings. The third-order valence-corrected chi connectivity index (χ3v) is 21.1. The van der Waals surface area contributed by atoms with Crippen molar-refractivity contribution in [2.45, 2.75) is 71.4 Å². The van der Waals surface area contributed by atoms with Gasteiger partial charge in [-0.25, -0.2) is 38.0 Å². The number of carbonyl (C=O) groups is 8. The number of alkyl halides is 8. The van der Waals surface area contributed by atoms with Crippen molar-refractivity contribution in [2.75, 3.05) is 77.6 Å². The molecule has 0 bridgehead atoms. The number of anilines is 4. The van der Waals surface area contributed by atoms with Crippen LogP contribution in [0, 0.1) is 0 Å². The number of hydrogen-bond acceptors (Lipinski definition) is 24. The smallest absolute Gasteiger partial charge is 0.387 e. The standard InChI is InChI=1S/C24H23F2N7O3.C23H21F2N7O3.C21H18BrF2N7O3.C21H18ClF2N7O3/c1-31(2)20(34)13-32-12-18(29-23(35)17-11-28-33-9-3-8-27-22(17)33)21(30-32)16-10-15(14-4-5-14)6-7-19(16)36-24(25)26;1-4-14-6-7-18(35-23(24)25)15(10-14)20-17(12-31(29-20)13-19(33)30(2)3)28-22(34)16-11-27-32-9-5-8-26-21(16)32;2*1-29(2)17(32)11-30-10-15(27-20(33)14-9-26-31-7-3-6-25-19(14)31)18(28-30)13-8-12(22)4-5-16(13)34-21(23)24/h3,6-12,14,24H,4-5,13H2,1-2H3,(H,29,35);4-12,23H,1,13H2,2-3H3,(H,28,34);2*3-10,21H,11H2,1-2H3,(H,27,33). The van der Waals surface area contributed by atoms with E-state index in [1.165, 1.54) is 179 Å². The third kappa shape index (κ3) is 23.9. The molecule has 50 heteroatoms. The fraction of sp³-hybridized carbons (Fsp3) is 0.213. The number of fused-ring (bicyclic) bond motifs is 4. The number of ether oxygens (including phenoxy) is 4. The van der Waals surface area contributed by atoms with Gasteiger partial charge in [-0.05, 0) is 115 Å². The van der Waals surface area contributed by atoms with Crippen LogP contribution in [-0.2, 0) is 45.4 Å². The lowest BCUT2D eigenvalue weighted by atomic mass is 10.0. The number of amides is 8. The number of benzene rings is 4. The molecular formula is C89H80BrClF8N28O12. The van der Waals surface area contributed by atoms with E-state index < -0.39 is 50.1 Å². The maximum atomic E-state index is 13.2. The normalized spacial score (nSPS) is 11.6. The fourth-order valence-electron chi connectivity index (χ4n) is 13.4. The molecular weight excluding hydrogens is 1920 g/mol. The van der Waals surface area contributed by atoms with Crippen LogP contribution < -0.4 is 40.2 Å². The third-order valence-electron chi connectivity index (χ3n) is 20.4. The first-order valence-corrected chi connectivity index (χ1v) is 42.5. The summed E-state index contributed by atoms with van der Waals surface area (Å²) in [7, 11) is 12.8. The highest BCUT2D eigenvalue weighted by atomic mass is 79.9. The number of nitrogens with zero attached hydrogens (tertiary/aromatic N) is 24. The molecule has 12 aromatic heterocycles. The quantitative estimate of drug-likeness (QED) is 0.0304. The number of nitrogens with one attached hydrogen (secondary N) is 4. The Labute approximate surface area is 794 Å². The first-order chi connectivity index (χ1) is 66.5. The Bertz CT molecular complexity index is 7080. The molecule has 0 aliphatic heterocycles. The molecule has 0 spiro atoms. The highest BCUT2D eigenvalue weighted by Gasteiger charge is 2.32. The summed E-state index contributed by atoms with van der Waals surface area (Å²) in [5.74, 6) is -3.41. The molecule has 0 saturated heterocycles. The van der Waals surface area contributed by atoms with Crippen LogP contribution in [0.2, 0.25) is 5.02 Å². The second-order valence-electron chi connectivity index (χ2n) is 30.9. The molecule has 12 heterocycles. The summed E-state index contributed by atoms with van der Waals surface area (Å²) in [5.41, 5.74) is 5.79. The van der Waals surface area contributed by atoms with E-state index in [1.807, 2.05) is 0 Å². The molecule has 8 amide bonds. The van der Waals surface area contributed by atoms with Crippen LogP contribution in [0.4, 0.5) is 57.9 Å².